The number of hydrogen-bond acceptors (Lipinski definition) is 3. The fraction of sp³-hybridized carbons (Fsp3) is 0.500. The summed E-state index contributed by atoms with van der Waals surface area (Å²) in [5.74, 6) is 0.796. The average Bonchev–Trinajstić information content (AvgIpc) is 2.38. The molecule has 1 rings (SSSR count). The second-order valence-corrected chi connectivity index (χ2v) is 3.85. The molecule has 0 saturated heterocycles. The Labute approximate surface area is 103 Å². The first kappa shape index (κ1) is 13.7. The number of benzene rings is 1. The van der Waals surface area contributed by atoms with Crippen molar-refractivity contribution >= 4 is 6.29 Å². The highest BCUT2D eigenvalue weighted by Crippen LogP contribution is 2.11. The summed E-state index contributed by atoms with van der Waals surface area (Å²) in [6.07, 6.45) is 4.00. The van der Waals surface area contributed by atoms with Gasteiger partial charge in [-0.3, -0.25) is 4.79 Å². The Morgan fingerprint density at radius 3 is 2.41 bits per heavy atom. The van der Waals surface area contributed by atoms with Gasteiger partial charge in [-0.1, -0.05) is 13.3 Å². The maximum absolute atomic E-state index is 10.4. The van der Waals surface area contributed by atoms with E-state index < -0.39 is 0 Å². The van der Waals surface area contributed by atoms with E-state index in [1.807, 2.05) is 12.1 Å². The van der Waals surface area contributed by atoms with Crippen molar-refractivity contribution in [1.82, 2.24) is 0 Å². The van der Waals surface area contributed by atoms with Gasteiger partial charge in [0.1, 0.15) is 12.0 Å². The molecule has 0 radical (unpaired) electrons. The third kappa shape index (κ3) is 6.07. The zero-order valence-electron chi connectivity index (χ0n) is 10.4. The van der Waals surface area contributed by atoms with Crippen LogP contribution in [0.3, 0.4) is 0 Å². The van der Waals surface area contributed by atoms with Gasteiger partial charge in [0.25, 0.3) is 0 Å². The molecular weight excluding hydrogens is 216 g/mol. The normalized spacial score (nSPS) is 10.2. The lowest BCUT2D eigenvalue weighted by Gasteiger charge is -2.06. The number of aldehydes is 1. The number of ether oxygens (including phenoxy) is 2. The van der Waals surface area contributed by atoms with Crippen LogP contribution in [0.15, 0.2) is 24.3 Å². The first-order chi connectivity index (χ1) is 8.36. The maximum atomic E-state index is 10.4. The average molecular weight is 236 g/mol. The lowest BCUT2D eigenvalue weighted by atomic mass is 10.2. The van der Waals surface area contributed by atoms with Crippen molar-refractivity contribution in [2.24, 2.45) is 0 Å². The third-order valence-corrected chi connectivity index (χ3v) is 2.36. The lowest BCUT2D eigenvalue weighted by Crippen LogP contribution is -2.03. The minimum absolute atomic E-state index is 0.645. The molecule has 3 nitrogen and oxygen atoms in total. The van der Waals surface area contributed by atoms with Crippen LogP contribution in [-0.4, -0.2) is 26.1 Å². The third-order valence-electron chi connectivity index (χ3n) is 2.36. The number of carbonyl (C=O) groups is 1. The zero-order chi connectivity index (χ0) is 12.3. The van der Waals surface area contributed by atoms with Crippen LogP contribution in [-0.2, 0) is 4.74 Å². The number of rotatable bonds is 9. The molecule has 0 heterocycles. The molecule has 3 heteroatoms. The first-order valence-electron chi connectivity index (χ1n) is 6.12. The quantitative estimate of drug-likeness (QED) is 0.488. The van der Waals surface area contributed by atoms with Gasteiger partial charge in [0.05, 0.1) is 6.61 Å². The van der Waals surface area contributed by atoms with Crippen LogP contribution in [0, 0.1) is 0 Å². The molecule has 1 aromatic rings. The van der Waals surface area contributed by atoms with Gasteiger partial charge < -0.3 is 9.47 Å². The van der Waals surface area contributed by atoms with Crippen LogP contribution in [0.1, 0.15) is 36.5 Å². The van der Waals surface area contributed by atoms with Crippen molar-refractivity contribution in [2.45, 2.75) is 26.2 Å². The molecule has 0 atom stereocenters. The summed E-state index contributed by atoms with van der Waals surface area (Å²) in [6.45, 7) is 4.37. The number of carbonyl (C=O) groups excluding carboxylic acids is 1. The molecule has 0 fully saturated rings. The van der Waals surface area contributed by atoms with Crippen molar-refractivity contribution in [3.63, 3.8) is 0 Å². The summed E-state index contributed by atoms with van der Waals surface area (Å²) >= 11 is 0. The molecule has 0 amide bonds. The molecule has 0 saturated carbocycles. The summed E-state index contributed by atoms with van der Waals surface area (Å²) in [5.41, 5.74) is 0.667. The van der Waals surface area contributed by atoms with Crippen LogP contribution in [0.4, 0.5) is 0 Å². The topological polar surface area (TPSA) is 35.5 Å². The van der Waals surface area contributed by atoms with Gasteiger partial charge in [-0.05, 0) is 30.7 Å². The first-order valence-corrected chi connectivity index (χ1v) is 6.12. The summed E-state index contributed by atoms with van der Waals surface area (Å²) in [7, 11) is 0. The highest BCUT2D eigenvalue weighted by atomic mass is 16.5. The summed E-state index contributed by atoms with van der Waals surface area (Å²) in [6, 6.07) is 7.11. The van der Waals surface area contributed by atoms with E-state index >= 15 is 0 Å². The molecule has 0 aliphatic heterocycles. The SMILES string of the molecule is CCCCOCCCOc1ccc(C=O)cc1. The minimum atomic E-state index is 0.645. The van der Waals surface area contributed by atoms with Crippen molar-refractivity contribution in [2.75, 3.05) is 19.8 Å². The van der Waals surface area contributed by atoms with Crippen LogP contribution in [0.5, 0.6) is 5.75 Å². The van der Waals surface area contributed by atoms with Crippen LogP contribution in [0.25, 0.3) is 0 Å². The van der Waals surface area contributed by atoms with Gasteiger partial charge >= 0.3 is 0 Å². The zero-order valence-corrected chi connectivity index (χ0v) is 10.4. The van der Waals surface area contributed by atoms with Gasteiger partial charge in [-0.2, -0.15) is 0 Å². The second-order valence-electron chi connectivity index (χ2n) is 3.85. The van der Waals surface area contributed by atoms with Gasteiger partial charge in [0, 0.05) is 25.2 Å². The summed E-state index contributed by atoms with van der Waals surface area (Å²) in [4.78, 5) is 10.4. The van der Waals surface area contributed by atoms with E-state index in [1.165, 1.54) is 6.42 Å². The minimum Gasteiger partial charge on any atom is -0.494 e. The van der Waals surface area contributed by atoms with Gasteiger partial charge in [0.2, 0.25) is 0 Å². The van der Waals surface area contributed by atoms with Crippen molar-refractivity contribution in [1.29, 1.82) is 0 Å². The van der Waals surface area contributed by atoms with E-state index in [0.717, 1.165) is 38.1 Å². The van der Waals surface area contributed by atoms with E-state index in [4.69, 9.17) is 9.47 Å². The second kappa shape index (κ2) is 8.76. The fourth-order valence-electron chi connectivity index (χ4n) is 1.34. The van der Waals surface area contributed by atoms with Crippen molar-refractivity contribution in [3.05, 3.63) is 29.8 Å². The molecule has 1 aromatic carbocycles. The smallest absolute Gasteiger partial charge is 0.150 e. The molecule has 94 valence electrons. The number of unbranched alkanes of at least 4 members (excludes halogenated alkanes) is 1. The Morgan fingerprint density at radius 1 is 1.06 bits per heavy atom. The van der Waals surface area contributed by atoms with Gasteiger partial charge in [0.15, 0.2) is 0 Å². The molecule has 0 aromatic heterocycles. The molecule has 0 bridgehead atoms. The van der Waals surface area contributed by atoms with E-state index in [0.29, 0.717) is 12.2 Å². The fourth-order valence-corrected chi connectivity index (χ4v) is 1.34. The summed E-state index contributed by atoms with van der Waals surface area (Å²) < 4.78 is 10.9. The Kier molecular flexibility index (Phi) is 7.07. The molecule has 0 spiro atoms. The predicted molar refractivity (Wildman–Crippen MR) is 67.7 cm³/mol. The Hall–Kier alpha value is -1.35. The van der Waals surface area contributed by atoms with Crippen LogP contribution in [0.2, 0.25) is 0 Å². The van der Waals surface area contributed by atoms with Crippen molar-refractivity contribution in [3.8, 4) is 5.75 Å². The number of hydrogen-bond donors (Lipinski definition) is 0. The van der Waals surface area contributed by atoms with E-state index in [-0.39, 0.29) is 0 Å². The highest BCUT2D eigenvalue weighted by Gasteiger charge is 1.95. The van der Waals surface area contributed by atoms with E-state index in [2.05, 4.69) is 6.92 Å². The summed E-state index contributed by atoms with van der Waals surface area (Å²) in [5, 5.41) is 0. The monoisotopic (exact) mass is 236 g/mol. The lowest BCUT2D eigenvalue weighted by molar-refractivity contribution is 0.112. The molecule has 0 aliphatic rings. The standard InChI is InChI=1S/C14H20O3/c1-2-3-9-16-10-4-11-17-14-7-5-13(12-15)6-8-14/h5-8,12H,2-4,9-11H2,1H3. The Morgan fingerprint density at radius 2 is 1.76 bits per heavy atom. The molecule has 17 heavy (non-hydrogen) atoms. The largest absolute Gasteiger partial charge is 0.494 e. The van der Waals surface area contributed by atoms with Crippen LogP contribution >= 0.6 is 0 Å². The van der Waals surface area contributed by atoms with Crippen molar-refractivity contribution < 1.29 is 14.3 Å². The Balaban J connectivity index is 2.07. The molecule has 0 aliphatic carbocycles. The maximum Gasteiger partial charge on any atom is 0.150 e. The predicted octanol–water partition coefficient (Wildman–Crippen LogP) is 3.08. The molecule has 0 N–H and O–H groups in total. The molecular formula is C14H20O3. The highest BCUT2D eigenvalue weighted by molar-refractivity contribution is 5.74. The Bertz CT molecular complexity index is 306. The van der Waals surface area contributed by atoms with Gasteiger partial charge in [-0.15, -0.1) is 0 Å². The van der Waals surface area contributed by atoms with Gasteiger partial charge in [-0.25, -0.2) is 0 Å². The molecule has 0 unspecified atom stereocenters. The van der Waals surface area contributed by atoms with Crippen LogP contribution < -0.4 is 4.74 Å². The van der Waals surface area contributed by atoms with E-state index in [9.17, 15) is 4.79 Å². The van der Waals surface area contributed by atoms with E-state index in [1.54, 1.807) is 12.1 Å².